The Kier molecular flexibility index (Phi) is 6.33. The third kappa shape index (κ3) is 4.24. The fourth-order valence-corrected chi connectivity index (χ4v) is 4.29. The molecule has 5 rings (SSSR count). The smallest absolute Gasteiger partial charge is 0.293 e. The zero-order valence-corrected chi connectivity index (χ0v) is 20.9. The first kappa shape index (κ1) is 25.0. The van der Waals surface area contributed by atoms with Crippen LogP contribution < -0.4 is 0 Å². The average Bonchev–Trinajstić information content (AvgIpc) is 3.43. The number of halogens is 2. The highest BCUT2D eigenvalue weighted by atomic mass is 35.5. The summed E-state index contributed by atoms with van der Waals surface area (Å²) < 4.78 is 15.7. The summed E-state index contributed by atoms with van der Waals surface area (Å²) in [5, 5.41) is 4.52. The van der Waals surface area contributed by atoms with Gasteiger partial charge in [-0.15, -0.1) is 5.10 Å². The van der Waals surface area contributed by atoms with Crippen LogP contribution in [0.4, 0.5) is 4.39 Å². The number of carbonyl (C=O) groups is 4. The normalized spacial score (nSPS) is 12.6. The number of carbonyl (C=O) groups excluding carboxylic acids is 4. The number of hydrogen-bond donors (Lipinski definition) is 0. The van der Waals surface area contributed by atoms with Gasteiger partial charge in [0.2, 0.25) is 5.82 Å². The van der Waals surface area contributed by atoms with Crippen molar-refractivity contribution in [3.63, 3.8) is 0 Å². The molecule has 0 aliphatic carbocycles. The van der Waals surface area contributed by atoms with E-state index in [4.69, 9.17) is 11.6 Å². The number of fused-ring (bicyclic) bond motifs is 1. The highest BCUT2D eigenvalue weighted by molar-refractivity contribution is 6.31. The lowest BCUT2D eigenvalue weighted by Gasteiger charge is -2.16. The Bertz CT molecular complexity index is 1610. The van der Waals surface area contributed by atoms with E-state index in [0.717, 1.165) is 11.0 Å². The summed E-state index contributed by atoms with van der Waals surface area (Å²) in [5.41, 5.74) is 0.423. The molecule has 0 bridgehead atoms. The molecule has 0 saturated heterocycles. The maximum atomic E-state index is 14.5. The van der Waals surface area contributed by atoms with Gasteiger partial charge in [0.15, 0.2) is 11.6 Å². The van der Waals surface area contributed by atoms with Crippen molar-refractivity contribution in [1.29, 1.82) is 0 Å². The van der Waals surface area contributed by atoms with E-state index in [-0.39, 0.29) is 51.2 Å². The van der Waals surface area contributed by atoms with Crippen LogP contribution in [0.2, 0.25) is 5.02 Å². The van der Waals surface area contributed by atoms with Crippen LogP contribution >= 0.6 is 11.6 Å². The molecule has 3 amide bonds. The topological polar surface area (TPSA) is 105 Å². The molecule has 1 aromatic heterocycles. The van der Waals surface area contributed by atoms with Gasteiger partial charge in [-0.3, -0.25) is 24.1 Å². The summed E-state index contributed by atoms with van der Waals surface area (Å²) in [4.78, 5) is 58.7. The molecule has 3 aromatic carbocycles. The fourth-order valence-electron chi connectivity index (χ4n) is 4.12. The Labute approximate surface area is 221 Å². The van der Waals surface area contributed by atoms with Crippen molar-refractivity contribution in [1.82, 2.24) is 24.6 Å². The number of hydrogen-bond acceptors (Lipinski definition) is 6. The van der Waals surface area contributed by atoms with E-state index in [1.807, 2.05) is 0 Å². The molecule has 1 aliphatic heterocycles. The first-order valence-corrected chi connectivity index (χ1v) is 11.8. The number of aromatic nitrogens is 3. The highest BCUT2D eigenvalue weighted by Gasteiger charge is 2.37. The van der Waals surface area contributed by atoms with E-state index >= 15 is 0 Å². The lowest BCUT2D eigenvalue weighted by molar-refractivity contribution is 0.0636. The van der Waals surface area contributed by atoms with Crippen LogP contribution in [-0.4, -0.2) is 62.2 Å². The lowest BCUT2D eigenvalue weighted by Crippen LogP contribution is -2.30. The number of imide groups is 1. The molecule has 0 spiro atoms. The maximum Gasteiger partial charge on any atom is 0.293 e. The van der Waals surface area contributed by atoms with Crippen molar-refractivity contribution in [2.24, 2.45) is 0 Å². The summed E-state index contributed by atoms with van der Waals surface area (Å²) in [6.07, 6.45) is 0. The third-order valence-corrected chi connectivity index (χ3v) is 6.23. The van der Waals surface area contributed by atoms with Crippen LogP contribution in [-0.2, 0) is 6.54 Å². The second-order valence-corrected chi connectivity index (χ2v) is 9.11. The molecule has 190 valence electrons. The Morgan fingerprint density at radius 3 is 2.18 bits per heavy atom. The van der Waals surface area contributed by atoms with Crippen LogP contribution in [0, 0.1) is 5.82 Å². The van der Waals surface area contributed by atoms with Gasteiger partial charge in [-0.2, -0.15) is 0 Å². The second-order valence-electron chi connectivity index (χ2n) is 8.68. The maximum absolute atomic E-state index is 14.5. The van der Waals surface area contributed by atoms with E-state index in [2.05, 4.69) is 10.1 Å². The Morgan fingerprint density at radius 2 is 1.55 bits per heavy atom. The van der Waals surface area contributed by atoms with Gasteiger partial charge in [-0.25, -0.2) is 14.1 Å². The highest BCUT2D eigenvalue weighted by Crippen LogP contribution is 2.27. The molecular formula is C27H19ClFN5O4. The first-order chi connectivity index (χ1) is 18.2. The largest absolute Gasteiger partial charge is 0.342 e. The molecule has 0 unspecified atom stereocenters. The molecule has 0 atom stereocenters. The number of amides is 3. The van der Waals surface area contributed by atoms with E-state index in [9.17, 15) is 23.6 Å². The SMILES string of the molecule is CN(C)C(=O)c1nc(CN2C(=O)c3ccccc3C2=O)n(-c2ccc(Cl)cc2C(=O)c2ccccc2F)n1. The van der Waals surface area contributed by atoms with E-state index in [1.165, 1.54) is 60.1 Å². The monoisotopic (exact) mass is 531 g/mol. The zero-order valence-electron chi connectivity index (χ0n) is 20.2. The number of benzene rings is 3. The predicted octanol–water partition coefficient (Wildman–Crippen LogP) is 3.79. The van der Waals surface area contributed by atoms with Crippen molar-refractivity contribution < 1.29 is 23.6 Å². The molecule has 4 aromatic rings. The Hall–Kier alpha value is -4.70. The van der Waals surface area contributed by atoms with Crippen molar-refractivity contribution in [2.75, 3.05) is 14.1 Å². The molecular weight excluding hydrogens is 513 g/mol. The van der Waals surface area contributed by atoms with E-state index < -0.39 is 29.3 Å². The third-order valence-electron chi connectivity index (χ3n) is 6.00. The van der Waals surface area contributed by atoms with Crippen molar-refractivity contribution >= 4 is 35.1 Å². The summed E-state index contributed by atoms with van der Waals surface area (Å²) in [7, 11) is 3.03. The first-order valence-electron chi connectivity index (χ1n) is 11.4. The minimum Gasteiger partial charge on any atom is -0.342 e. The van der Waals surface area contributed by atoms with Gasteiger partial charge in [-0.1, -0.05) is 35.9 Å². The minimum atomic E-state index is -0.725. The van der Waals surface area contributed by atoms with Crippen LogP contribution in [0.5, 0.6) is 0 Å². The van der Waals surface area contributed by atoms with E-state index in [0.29, 0.717) is 0 Å². The van der Waals surface area contributed by atoms with Gasteiger partial charge >= 0.3 is 0 Å². The Morgan fingerprint density at radius 1 is 0.921 bits per heavy atom. The molecule has 2 heterocycles. The summed E-state index contributed by atoms with van der Waals surface area (Å²) >= 11 is 6.19. The summed E-state index contributed by atoms with van der Waals surface area (Å²) in [5.74, 6) is -3.18. The van der Waals surface area contributed by atoms with Gasteiger partial charge < -0.3 is 4.90 Å². The molecule has 38 heavy (non-hydrogen) atoms. The lowest BCUT2D eigenvalue weighted by atomic mass is 10.0. The van der Waals surface area contributed by atoms with Crippen molar-refractivity contribution in [2.45, 2.75) is 6.54 Å². The van der Waals surface area contributed by atoms with Crippen LogP contribution in [0.25, 0.3) is 5.69 Å². The molecule has 0 radical (unpaired) electrons. The molecule has 0 saturated carbocycles. The van der Waals surface area contributed by atoms with E-state index in [1.54, 1.807) is 24.3 Å². The minimum absolute atomic E-state index is 0.0139. The van der Waals surface area contributed by atoms with Crippen LogP contribution in [0.15, 0.2) is 66.7 Å². The van der Waals surface area contributed by atoms with Gasteiger partial charge in [0.25, 0.3) is 17.7 Å². The molecule has 11 heteroatoms. The number of rotatable bonds is 6. The second kappa shape index (κ2) is 9.64. The average molecular weight is 532 g/mol. The predicted molar refractivity (Wildman–Crippen MR) is 135 cm³/mol. The Balaban J connectivity index is 1.64. The van der Waals surface area contributed by atoms with Gasteiger partial charge in [0, 0.05) is 24.7 Å². The molecule has 1 aliphatic rings. The fraction of sp³-hybridized carbons (Fsp3) is 0.111. The van der Waals surface area contributed by atoms with Gasteiger partial charge in [0.1, 0.15) is 5.82 Å². The summed E-state index contributed by atoms with van der Waals surface area (Å²) in [6.45, 7) is -0.337. The molecule has 0 fully saturated rings. The molecule has 0 N–H and O–H groups in total. The quantitative estimate of drug-likeness (QED) is 0.277. The van der Waals surface area contributed by atoms with Gasteiger partial charge in [0.05, 0.1) is 28.9 Å². The standard InChI is InChI=1S/C27H19ClFN5O4/c1-32(2)27(38)24-30-22(14-33-25(36)16-7-3-4-8-17(16)26(33)37)34(31-24)21-12-11-15(28)13-19(21)23(35)18-9-5-6-10-20(18)29/h3-13H,14H2,1-2H3. The molecule has 9 nitrogen and oxygen atoms in total. The van der Waals surface area contributed by atoms with Crippen LogP contribution in [0.3, 0.4) is 0 Å². The van der Waals surface area contributed by atoms with Crippen LogP contribution in [0.1, 0.15) is 53.1 Å². The zero-order chi connectivity index (χ0) is 27.1. The van der Waals surface area contributed by atoms with Crippen molar-refractivity contribution in [3.05, 3.63) is 111 Å². The summed E-state index contributed by atoms with van der Waals surface area (Å²) in [6, 6.07) is 16.2. The number of ketones is 1. The van der Waals surface area contributed by atoms with Gasteiger partial charge in [-0.05, 0) is 42.5 Å². The van der Waals surface area contributed by atoms with Crippen molar-refractivity contribution in [3.8, 4) is 5.69 Å². The number of nitrogens with zero attached hydrogens (tertiary/aromatic N) is 5.